The topological polar surface area (TPSA) is 61.6 Å². The monoisotopic (exact) mass is 355 g/mol. The van der Waals surface area contributed by atoms with Gasteiger partial charge in [-0.05, 0) is 30.3 Å². The number of Topliss-reactive ketones (excluding diaryl/α,β-unsaturated/α-hetero) is 1. The minimum Gasteiger partial charge on any atom is -0.496 e. The highest BCUT2D eigenvalue weighted by atomic mass is 19.1. The molecule has 0 saturated carbocycles. The minimum atomic E-state index is -0.479. The van der Waals surface area contributed by atoms with Crippen LogP contribution in [0.3, 0.4) is 0 Å². The second kappa shape index (κ2) is 7.82. The maximum atomic E-state index is 13.4. The van der Waals surface area contributed by atoms with Gasteiger partial charge in [0.05, 0.1) is 12.7 Å². The third kappa shape index (κ3) is 3.74. The summed E-state index contributed by atoms with van der Waals surface area (Å²) in [6.45, 7) is 1.78. The number of para-hydroxylation sites is 1. The first kappa shape index (κ1) is 17.7. The van der Waals surface area contributed by atoms with Crippen molar-refractivity contribution in [2.75, 3.05) is 7.11 Å². The Morgan fingerprint density at radius 3 is 2.73 bits per heavy atom. The third-order valence-electron chi connectivity index (χ3n) is 3.87. The number of carbonyl (C=O) groups excluding carboxylic acids is 1. The van der Waals surface area contributed by atoms with Crippen molar-refractivity contribution in [3.05, 3.63) is 65.7 Å². The van der Waals surface area contributed by atoms with E-state index in [1.165, 1.54) is 18.2 Å². The Hall–Kier alpha value is -3.15. The van der Waals surface area contributed by atoms with Crippen LogP contribution in [0.5, 0.6) is 11.5 Å². The maximum Gasteiger partial charge on any atom is 0.174 e. The molecule has 0 saturated heterocycles. The normalized spacial score (nSPS) is 10.6. The van der Waals surface area contributed by atoms with Crippen molar-refractivity contribution < 1.29 is 23.2 Å². The molecule has 0 bridgehead atoms. The number of methoxy groups -OCH3 is 1. The average Bonchev–Trinajstić information content (AvgIpc) is 3.15. The minimum absolute atomic E-state index is 0.0672. The summed E-state index contributed by atoms with van der Waals surface area (Å²) in [5.41, 5.74) is 1.63. The lowest BCUT2D eigenvalue weighted by Crippen LogP contribution is -2.03. The van der Waals surface area contributed by atoms with Gasteiger partial charge in [0.25, 0.3) is 0 Å². The van der Waals surface area contributed by atoms with Gasteiger partial charge in [-0.2, -0.15) is 0 Å². The maximum absolute atomic E-state index is 13.4. The first-order valence-electron chi connectivity index (χ1n) is 8.17. The van der Waals surface area contributed by atoms with E-state index in [4.69, 9.17) is 14.0 Å². The molecule has 1 aromatic heterocycles. The van der Waals surface area contributed by atoms with Crippen molar-refractivity contribution in [2.45, 2.75) is 20.0 Å². The molecule has 26 heavy (non-hydrogen) atoms. The summed E-state index contributed by atoms with van der Waals surface area (Å²) < 4.78 is 29.7. The van der Waals surface area contributed by atoms with Crippen molar-refractivity contribution >= 4 is 5.78 Å². The SMILES string of the molecule is CCC(=O)c1cc(F)ccc1OCc1cc(-c2ccccc2OC)no1. The highest BCUT2D eigenvalue weighted by Crippen LogP contribution is 2.29. The zero-order valence-corrected chi connectivity index (χ0v) is 14.5. The number of aromatic nitrogens is 1. The van der Waals surface area contributed by atoms with Crippen molar-refractivity contribution in [1.29, 1.82) is 0 Å². The lowest BCUT2D eigenvalue weighted by atomic mass is 10.1. The van der Waals surface area contributed by atoms with E-state index < -0.39 is 5.82 Å². The van der Waals surface area contributed by atoms with E-state index >= 15 is 0 Å². The standard InChI is InChI=1S/C20H18FNO4/c1-3-18(23)16-10-13(21)8-9-20(16)25-12-14-11-17(22-26-14)15-6-4-5-7-19(15)24-2/h4-11H,3,12H2,1-2H3. The number of carbonyl (C=O) groups is 1. The van der Waals surface area contributed by atoms with E-state index in [-0.39, 0.29) is 24.4 Å². The smallest absolute Gasteiger partial charge is 0.174 e. The first-order chi connectivity index (χ1) is 12.6. The third-order valence-corrected chi connectivity index (χ3v) is 3.87. The molecular formula is C20H18FNO4. The Balaban J connectivity index is 1.78. The van der Waals surface area contributed by atoms with E-state index in [9.17, 15) is 9.18 Å². The van der Waals surface area contributed by atoms with Crippen molar-refractivity contribution in [3.8, 4) is 22.8 Å². The average molecular weight is 355 g/mol. The van der Waals surface area contributed by atoms with Crippen molar-refractivity contribution in [2.24, 2.45) is 0 Å². The fourth-order valence-corrected chi connectivity index (χ4v) is 2.55. The number of rotatable bonds is 7. The quantitative estimate of drug-likeness (QED) is 0.577. The van der Waals surface area contributed by atoms with E-state index in [1.807, 2.05) is 24.3 Å². The molecule has 0 spiro atoms. The summed E-state index contributed by atoms with van der Waals surface area (Å²) in [6, 6.07) is 13.1. The van der Waals surface area contributed by atoms with Gasteiger partial charge in [-0.15, -0.1) is 0 Å². The van der Waals surface area contributed by atoms with Crippen LogP contribution in [-0.4, -0.2) is 18.0 Å². The predicted octanol–water partition coefficient (Wildman–Crippen LogP) is 4.66. The van der Waals surface area contributed by atoms with Gasteiger partial charge in [-0.25, -0.2) is 4.39 Å². The van der Waals surface area contributed by atoms with E-state index in [2.05, 4.69) is 5.16 Å². The molecule has 0 unspecified atom stereocenters. The zero-order valence-electron chi connectivity index (χ0n) is 14.5. The number of nitrogens with zero attached hydrogens (tertiary/aromatic N) is 1. The molecule has 6 heteroatoms. The van der Waals surface area contributed by atoms with Crippen molar-refractivity contribution in [1.82, 2.24) is 5.16 Å². The summed E-state index contributed by atoms with van der Waals surface area (Å²) in [5.74, 6) is 0.806. The van der Waals surface area contributed by atoms with Gasteiger partial charge in [0, 0.05) is 18.1 Å². The van der Waals surface area contributed by atoms with Gasteiger partial charge in [0.15, 0.2) is 11.5 Å². The van der Waals surface area contributed by atoms with Crippen LogP contribution >= 0.6 is 0 Å². The predicted molar refractivity (Wildman–Crippen MR) is 93.8 cm³/mol. The lowest BCUT2D eigenvalue weighted by Gasteiger charge is -2.09. The Bertz CT molecular complexity index is 920. The molecule has 134 valence electrons. The van der Waals surface area contributed by atoms with E-state index in [1.54, 1.807) is 20.1 Å². The van der Waals surface area contributed by atoms with Gasteiger partial charge in [0.1, 0.15) is 29.6 Å². The molecular weight excluding hydrogens is 337 g/mol. The van der Waals surface area contributed by atoms with Crippen LogP contribution in [0.2, 0.25) is 0 Å². The number of hydrogen-bond acceptors (Lipinski definition) is 5. The second-order valence-corrected chi connectivity index (χ2v) is 5.58. The van der Waals surface area contributed by atoms with Gasteiger partial charge < -0.3 is 14.0 Å². The van der Waals surface area contributed by atoms with Crippen LogP contribution in [0.25, 0.3) is 11.3 Å². The summed E-state index contributed by atoms with van der Waals surface area (Å²) in [7, 11) is 1.59. The molecule has 0 aliphatic rings. The molecule has 3 rings (SSSR count). The fourth-order valence-electron chi connectivity index (χ4n) is 2.55. The van der Waals surface area contributed by atoms with Crippen LogP contribution < -0.4 is 9.47 Å². The zero-order chi connectivity index (χ0) is 18.5. The van der Waals surface area contributed by atoms with Gasteiger partial charge in [0.2, 0.25) is 0 Å². The van der Waals surface area contributed by atoms with Gasteiger partial charge >= 0.3 is 0 Å². The number of ketones is 1. The van der Waals surface area contributed by atoms with E-state index in [0.717, 1.165) is 5.56 Å². The van der Waals surface area contributed by atoms with E-state index in [0.29, 0.717) is 23.0 Å². The Morgan fingerprint density at radius 1 is 1.15 bits per heavy atom. The number of halogens is 1. The van der Waals surface area contributed by atoms with Crippen LogP contribution in [0.15, 0.2) is 53.1 Å². The molecule has 0 N–H and O–H groups in total. The molecule has 0 radical (unpaired) electrons. The Morgan fingerprint density at radius 2 is 1.96 bits per heavy atom. The van der Waals surface area contributed by atoms with Crippen LogP contribution in [0, 0.1) is 5.82 Å². The van der Waals surface area contributed by atoms with Gasteiger partial charge in [-0.3, -0.25) is 4.79 Å². The highest BCUT2D eigenvalue weighted by molar-refractivity contribution is 5.98. The highest BCUT2D eigenvalue weighted by Gasteiger charge is 2.15. The summed E-state index contributed by atoms with van der Waals surface area (Å²) >= 11 is 0. The first-order valence-corrected chi connectivity index (χ1v) is 8.17. The summed E-state index contributed by atoms with van der Waals surface area (Å²) in [5, 5.41) is 4.03. The van der Waals surface area contributed by atoms with Gasteiger partial charge in [-0.1, -0.05) is 24.2 Å². The molecule has 0 atom stereocenters. The molecule has 3 aromatic rings. The van der Waals surface area contributed by atoms with Crippen LogP contribution in [0.1, 0.15) is 29.5 Å². The van der Waals surface area contributed by atoms with Crippen molar-refractivity contribution in [3.63, 3.8) is 0 Å². The second-order valence-electron chi connectivity index (χ2n) is 5.58. The molecule has 0 aliphatic carbocycles. The fraction of sp³-hybridized carbons (Fsp3) is 0.200. The molecule has 0 aliphatic heterocycles. The molecule has 1 heterocycles. The molecule has 0 amide bonds. The Labute approximate surface area is 150 Å². The molecule has 0 fully saturated rings. The molecule has 2 aromatic carbocycles. The lowest BCUT2D eigenvalue weighted by molar-refractivity contribution is 0.0982. The molecule has 5 nitrogen and oxygen atoms in total. The van der Waals surface area contributed by atoms with Crippen LogP contribution in [-0.2, 0) is 6.61 Å². The number of benzene rings is 2. The number of ether oxygens (including phenoxy) is 2. The van der Waals surface area contributed by atoms with Crippen LogP contribution in [0.4, 0.5) is 4.39 Å². The Kier molecular flexibility index (Phi) is 5.31. The summed E-state index contributed by atoms with van der Waals surface area (Å²) in [6.07, 6.45) is 0.264. The largest absolute Gasteiger partial charge is 0.496 e. The number of hydrogen-bond donors (Lipinski definition) is 0. The summed E-state index contributed by atoms with van der Waals surface area (Å²) in [4.78, 5) is 12.0.